The van der Waals surface area contributed by atoms with Gasteiger partial charge in [-0.1, -0.05) is 0 Å². The summed E-state index contributed by atoms with van der Waals surface area (Å²) in [5.74, 6) is 0.319. The summed E-state index contributed by atoms with van der Waals surface area (Å²) in [6, 6.07) is 0.547. The number of rotatable bonds is 4. The standard InChI is InChI=1S/C11H21N3O/c1-9(2)13(3)6-7-14-8-12-11(4-5-11)10(14)15/h9,12H,4-8H2,1-3H3. The minimum Gasteiger partial charge on any atom is -0.327 e. The number of likely N-dealkylation sites (N-methyl/N-ethyl adjacent to an activating group) is 1. The van der Waals surface area contributed by atoms with Crippen molar-refractivity contribution in [1.29, 1.82) is 0 Å². The van der Waals surface area contributed by atoms with Crippen LogP contribution in [0.15, 0.2) is 0 Å². The first-order valence-corrected chi connectivity index (χ1v) is 5.80. The number of hydrogen-bond donors (Lipinski definition) is 1. The van der Waals surface area contributed by atoms with Crippen molar-refractivity contribution in [3.8, 4) is 0 Å². The molecule has 86 valence electrons. The fraction of sp³-hybridized carbons (Fsp3) is 0.909. The minimum absolute atomic E-state index is 0.129. The Morgan fingerprint density at radius 3 is 2.67 bits per heavy atom. The normalized spacial score (nSPS) is 23.5. The van der Waals surface area contributed by atoms with Crippen LogP contribution in [0.1, 0.15) is 26.7 Å². The van der Waals surface area contributed by atoms with Crippen molar-refractivity contribution in [3.05, 3.63) is 0 Å². The number of carbonyl (C=O) groups is 1. The number of nitrogens with one attached hydrogen (secondary N) is 1. The molecular formula is C11H21N3O. The van der Waals surface area contributed by atoms with Gasteiger partial charge in [0.2, 0.25) is 5.91 Å². The fourth-order valence-electron chi connectivity index (χ4n) is 1.93. The smallest absolute Gasteiger partial charge is 0.244 e. The SMILES string of the molecule is CC(C)N(C)CCN1CNC2(CC2)C1=O. The maximum atomic E-state index is 11.9. The summed E-state index contributed by atoms with van der Waals surface area (Å²) in [7, 11) is 2.10. The predicted molar refractivity (Wildman–Crippen MR) is 59.4 cm³/mol. The van der Waals surface area contributed by atoms with Crippen LogP contribution in [-0.2, 0) is 4.79 Å². The molecule has 1 aliphatic heterocycles. The summed E-state index contributed by atoms with van der Waals surface area (Å²) in [6.07, 6.45) is 2.06. The topological polar surface area (TPSA) is 35.6 Å². The Morgan fingerprint density at radius 2 is 2.20 bits per heavy atom. The van der Waals surface area contributed by atoms with Gasteiger partial charge in [-0.2, -0.15) is 0 Å². The maximum Gasteiger partial charge on any atom is 0.244 e. The second-order valence-electron chi connectivity index (χ2n) is 5.06. The molecule has 0 atom stereocenters. The van der Waals surface area contributed by atoms with Gasteiger partial charge in [0.15, 0.2) is 0 Å². The first-order chi connectivity index (χ1) is 7.05. The molecule has 4 heteroatoms. The number of hydrogen-bond acceptors (Lipinski definition) is 3. The van der Waals surface area contributed by atoms with E-state index in [4.69, 9.17) is 0 Å². The van der Waals surface area contributed by atoms with Crippen LogP contribution in [0.3, 0.4) is 0 Å². The largest absolute Gasteiger partial charge is 0.327 e. The van der Waals surface area contributed by atoms with E-state index in [1.54, 1.807) is 0 Å². The van der Waals surface area contributed by atoms with Crippen LogP contribution in [0.4, 0.5) is 0 Å². The molecule has 2 rings (SSSR count). The molecule has 0 aromatic heterocycles. The van der Waals surface area contributed by atoms with Crippen molar-refractivity contribution < 1.29 is 4.79 Å². The van der Waals surface area contributed by atoms with Gasteiger partial charge in [-0.05, 0) is 33.7 Å². The molecule has 1 saturated carbocycles. The van der Waals surface area contributed by atoms with Crippen LogP contribution in [0.5, 0.6) is 0 Å². The van der Waals surface area contributed by atoms with E-state index in [1.165, 1.54) is 0 Å². The van der Waals surface area contributed by atoms with E-state index in [-0.39, 0.29) is 5.54 Å². The molecule has 1 N–H and O–H groups in total. The third-order valence-corrected chi connectivity index (χ3v) is 3.66. The van der Waals surface area contributed by atoms with Crippen molar-refractivity contribution in [3.63, 3.8) is 0 Å². The highest BCUT2D eigenvalue weighted by molar-refractivity contribution is 5.91. The van der Waals surface area contributed by atoms with Gasteiger partial charge in [-0.25, -0.2) is 0 Å². The Hall–Kier alpha value is -0.610. The van der Waals surface area contributed by atoms with Gasteiger partial charge < -0.3 is 9.80 Å². The zero-order chi connectivity index (χ0) is 11.1. The molecule has 2 fully saturated rings. The maximum absolute atomic E-state index is 11.9. The average Bonchev–Trinajstić information content (AvgIpc) is 2.91. The Bertz CT molecular complexity index is 261. The molecule has 0 aromatic rings. The van der Waals surface area contributed by atoms with Crippen LogP contribution < -0.4 is 5.32 Å². The van der Waals surface area contributed by atoms with Crippen molar-refractivity contribution in [1.82, 2.24) is 15.1 Å². The van der Waals surface area contributed by atoms with Crippen LogP contribution in [0, 0.1) is 0 Å². The second kappa shape index (κ2) is 3.76. The van der Waals surface area contributed by atoms with Gasteiger partial charge in [0.25, 0.3) is 0 Å². The molecule has 2 aliphatic rings. The highest BCUT2D eigenvalue weighted by Gasteiger charge is 2.55. The zero-order valence-electron chi connectivity index (χ0n) is 9.92. The van der Waals surface area contributed by atoms with Gasteiger partial charge in [0.1, 0.15) is 0 Å². The third-order valence-electron chi connectivity index (χ3n) is 3.66. The summed E-state index contributed by atoms with van der Waals surface area (Å²) in [5.41, 5.74) is -0.129. The molecule has 0 bridgehead atoms. The summed E-state index contributed by atoms with van der Waals surface area (Å²) in [6.45, 7) is 6.90. The van der Waals surface area contributed by atoms with Gasteiger partial charge in [-0.15, -0.1) is 0 Å². The quantitative estimate of drug-likeness (QED) is 0.724. The van der Waals surface area contributed by atoms with Crippen molar-refractivity contribution in [2.75, 3.05) is 26.8 Å². The van der Waals surface area contributed by atoms with E-state index in [1.807, 2.05) is 4.90 Å². The molecule has 1 heterocycles. The molecule has 0 radical (unpaired) electrons. The molecule has 4 nitrogen and oxygen atoms in total. The fourth-order valence-corrected chi connectivity index (χ4v) is 1.93. The first kappa shape index (κ1) is 10.9. The second-order valence-corrected chi connectivity index (χ2v) is 5.06. The lowest BCUT2D eigenvalue weighted by Gasteiger charge is -2.24. The van der Waals surface area contributed by atoms with Crippen LogP contribution in [0.25, 0.3) is 0 Å². The van der Waals surface area contributed by atoms with Crippen molar-refractivity contribution in [2.24, 2.45) is 0 Å². The lowest BCUT2D eigenvalue weighted by atomic mass is 10.2. The van der Waals surface area contributed by atoms with Crippen molar-refractivity contribution >= 4 is 5.91 Å². The van der Waals surface area contributed by atoms with Gasteiger partial charge in [0, 0.05) is 19.1 Å². The molecule has 1 amide bonds. The third kappa shape index (κ3) is 2.01. The lowest BCUT2D eigenvalue weighted by molar-refractivity contribution is -0.129. The Balaban J connectivity index is 1.79. The number of amides is 1. The lowest BCUT2D eigenvalue weighted by Crippen LogP contribution is -2.38. The van der Waals surface area contributed by atoms with Crippen LogP contribution in [-0.4, -0.2) is 54.1 Å². The number of carbonyl (C=O) groups excluding carboxylic acids is 1. The highest BCUT2D eigenvalue weighted by Crippen LogP contribution is 2.39. The van der Waals surface area contributed by atoms with E-state index in [0.29, 0.717) is 11.9 Å². The van der Waals surface area contributed by atoms with Gasteiger partial charge in [-0.3, -0.25) is 10.1 Å². The zero-order valence-corrected chi connectivity index (χ0v) is 9.92. The Kier molecular flexibility index (Phi) is 2.73. The van der Waals surface area contributed by atoms with E-state index < -0.39 is 0 Å². The summed E-state index contributed by atoms with van der Waals surface area (Å²) in [4.78, 5) is 16.1. The van der Waals surface area contributed by atoms with E-state index in [9.17, 15) is 4.79 Å². The molecule has 0 aromatic carbocycles. The summed E-state index contributed by atoms with van der Waals surface area (Å²) >= 11 is 0. The Morgan fingerprint density at radius 1 is 1.53 bits per heavy atom. The molecule has 1 aliphatic carbocycles. The van der Waals surface area contributed by atoms with Crippen molar-refractivity contribution in [2.45, 2.75) is 38.3 Å². The minimum atomic E-state index is -0.129. The van der Waals surface area contributed by atoms with Crippen LogP contribution >= 0.6 is 0 Å². The van der Waals surface area contributed by atoms with E-state index in [2.05, 4.69) is 31.1 Å². The molecule has 1 spiro atoms. The van der Waals surface area contributed by atoms with E-state index in [0.717, 1.165) is 32.6 Å². The predicted octanol–water partition coefficient (Wildman–Crippen LogP) is 0.248. The van der Waals surface area contributed by atoms with Gasteiger partial charge >= 0.3 is 0 Å². The molecule has 0 unspecified atom stereocenters. The number of nitrogens with zero attached hydrogens (tertiary/aromatic N) is 2. The van der Waals surface area contributed by atoms with Crippen LogP contribution in [0.2, 0.25) is 0 Å². The Labute approximate surface area is 91.6 Å². The molecule has 1 saturated heterocycles. The molecule has 15 heavy (non-hydrogen) atoms. The van der Waals surface area contributed by atoms with E-state index >= 15 is 0 Å². The first-order valence-electron chi connectivity index (χ1n) is 5.80. The monoisotopic (exact) mass is 211 g/mol. The summed E-state index contributed by atoms with van der Waals surface area (Å²) < 4.78 is 0. The van der Waals surface area contributed by atoms with Gasteiger partial charge in [0.05, 0.1) is 12.2 Å². The molecular weight excluding hydrogens is 190 g/mol. The average molecular weight is 211 g/mol. The summed E-state index contributed by atoms with van der Waals surface area (Å²) in [5, 5.41) is 3.32. The highest BCUT2D eigenvalue weighted by atomic mass is 16.2.